The zero-order valence-electron chi connectivity index (χ0n) is 12.4. The second-order valence-corrected chi connectivity index (χ2v) is 6.30. The minimum atomic E-state index is 0.0744. The third-order valence-corrected chi connectivity index (χ3v) is 4.79. The molecule has 2 unspecified atom stereocenters. The van der Waals surface area contributed by atoms with E-state index in [-0.39, 0.29) is 5.91 Å². The average Bonchev–Trinajstić information content (AvgIpc) is 2.89. The van der Waals surface area contributed by atoms with Gasteiger partial charge < -0.3 is 10.2 Å². The number of nitrogens with one attached hydrogen (secondary N) is 2. The van der Waals surface area contributed by atoms with E-state index in [1.807, 2.05) is 11.9 Å². The van der Waals surface area contributed by atoms with Gasteiger partial charge in [0.2, 0.25) is 0 Å². The van der Waals surface area contributed by atoms with Crippen LogP contribution in [0.3, 0.4) is 0 Å². The summed E-state index contributed by atoms with van der Waals surface area (Å²) in [6.07, 6.45) is 5.69. The van der Waals surface area contributed by atoms with Crippen molar-refractivity contribution in [1.82, 2.24) is 20.4 Å². The van der Waals surface area contributed by atoms with Crippen molar-refractivity contribution in [2.45, 2.75) is 51.6 Å². The van der Waals surface area contributed by atoms with Crippen molar-refractivity contribution in [3.8, 4) is 0 Å². The van der Waals surface area contributed by atoms with Crippen molar-refractivity contribution in [2.24, 2.45) is 5.92 Å². The van der Waals surface area contributed by atoms with E-state index in [4.69, 9.17) is 0 Å². The van der Waals surface area contributed by atoms with Gasteiger partial charge in [-0.3, -0.25) is 9.89 Å². The SMILES string of the molecule is CC1CCCC(N(C)C(=O)c2n[nH]c3c2CNCC3)C1. The summed E-state index contributed by atoms with van der Waals surface area (Å²) in [5.74, 6) is 0.795. The average molecular weight is 276 g/mol. The van der Waals surface area contributed by atoms with Gasteiger partial charge in [0, 0.05) is 43.9 Å². The summed E-state index contributed by atoms with van der Waals surface area (Å²) in [4.78, 5) is 14.6. The Hall–Kier alpha value is -1.36. The molecule has 1 aliphatic heterocycles. The van der Waals surface area contributed by atoms with Gasteiger partial charge in [0.25, 0.3) is 5.91 Å². The molecule has 0 radical (unpaired) electrons. The summed E-state index contributed by atoms with van der Waals surface area (Å²) < 4.78 is 0. The molecule has 1 aromatic rings. The Kier molecular flexibility index (Phi) is 3.78. The standard InChI is InChI=1S/C15H24N4O/c1-10-4-3-5-11(8-10)19(2)15(20)14-12-9-16-7-6-13(12)17-18-14/h10-11,16H,3-9H2,1-2H3,(H,17,18). The van der Waals surface area contributed by atoms with Gasteiger partial charge >= 0.3 is 0 Å². The Morgan fingerprint density at radius 2 is 2.25 bits per heavy atom. The molecule has 0 saturated heterocycles. The highest BCUT2D eigenvalue weighted by Crippen LogP contribution is 2.28. The van der Waals surface area contributed by atoms with Gasteiger partial charge in [0.1, 0.15) is 0 Å². The lowest BCUT2D eigenvalue weighted by atomic mass is 9.86. The molecule has 0 bridgehead atoms. The fraction of sp³-hybridized carbons (Fsp3) is 0.733. The highest BCUT2D eigenvalue weighted by Gasteiger charge is 2.29. The Labute approximate surface area is 120 Å². The number of hydrogen-bond donors (Lipinski definition) is 2. The lowest BCUT2D eigenvalue weighted by Gasteiger charge is -2.34. The summed E-state index contributed by atoms with van der Waals surface area (Å²) in [6.45, 7) is 3.99. The number of carbonyl (C=O) groups excluding carboxylic acids is 1. The van der Waals surface area contributed by atoms with Crippen LogP contribution >= 0.6 is 0 Å². The van der Waals surface area contributed by atoms with Crippen molar-refractivity contribution >= 4 is 5.91 Å². The van der Waals surface area contributed by atoms with Crippen LogP contribution < -0.4 is 5.32 Å². The zero-order valence-corrected chi connectivity index (χ0v) is 12.4. The van der Waals surface area contributed by atoms with Gasteiger partial charge in [-0.1, -0.05) is 19.8 Å². The normalized spacial score (nSPS) is 26.1. The molecule has 1 aliphatic carbocycles. The van der Waals surface area contributed by atoms with Gasteiger partial charge in [-0.15, -0.1) is 0 Å². The molecule has 2 N–H and O–H groups in total. The highest BCUT2D eigenvalue weighted by molar-refractivity contribution is 5.94. The summed E-state index contributed by atoms with van der Waals surface area (Å²) in [6, 6.07) is 0.371. The molecule has 2 atom stereocenters. The number of H-pyrrole nitrogens is 1. The molecule has 1 fully saturated rings. The van der Waals surface area contributed by atoms with Gasteiger partial charge in [0.15, 0.2) is 5.69 Å². The van der Waals surface area contributed by atoms with E-state index >= 15 is 0 Å². The minimum absolute atomic E-state index is 0.0744. The molecule has 2 aliphatic rings. The Morgan fingerprint density at radius 1 is 1.40 bits per heavy atom. The number of hydrogen-bond acceptors (Lipinski definition) is 3. The van der Waals surface area contributed by atoms with Crippen LogP contribution in [-0.2, 0) is 13.0 Å². The minimum Gasteiger partial charge on any atom is -0.337 e. The first-order chi connectivity index (χ1) is 9.66. The molecule has 0 spiro atoms. The van der Waals surface area contributed by atoms with Crippen LogP contribution in [-0.4, -0.2) is 40.6 Å². The number of amides is 1. The number of nitrogens with zero attached hydrogens (tertiary/aromatic N) is 2. The maximum atomic E-state index is 12.7. The van der Waals surface area contributed by atoms with Gasteiger partial charge in [-0.05, 0) is 18.8 Å². The van der Waals surface area contributed by atoms with E-state index in [2.05, 4.69) is 22.4 Å². The molecular formula is C15H24N4O. The monoisotopic (exact) mass is 276 g/mol. The number of aromatic nitrogens is 2. The van der Waals surface area contributed by atoms with E-state index in [0.29, 0.717) is 11.7 Å². The van der Waals surface area contributed by atoms with Crippen LogP contribution in [0.2, 0.25) is 0 Å². The molecular weight excluding hydrogens is 252 g/mol. The molecule has 20 heavy (non-hydrogen) atoms. The largest absolute Gasteiger partial charge is 0.337 e. The van der Waals surface area contributed by atoms with Gasteiger partial charge in [-0.2, -0.15) is 5.10 Å². The second-order valence-electron chi connectivity index (χ2n) is 6.30. The summed E-state index contributed by atoms with van der Waals surface area (Å²) in [5.41, 5.74) is 2.81. The van der Waals surface area contributed by atoms with Crippen molar-refractivity contribution in [3.63, 3.8) is 0 Å². The fourth-order valence-corrected chi connectivity index (χ4v) is 3.49. The molecule has 1 saturated carbocycles. The number of fused-ring (bicyclic) bond motifs is 1. The van der Waals surface area contributed by atoms with Gasteiger partial charge in [0.05, 0.1) is 0 Å². The van der Waals surface area contributed by atoms with Crippen LogP contribution in [0.5, 0.6) is 0 Å². The van der Waals surface area contributed by atoms with Crippen LogP contribution in [0, 0.1) is 5.92 Å². The first kappa shape index (κ1) is 13.6. The van der Waals surface area contributed by atoms with Crippen molar-refractivity contribution in [1.29, 1.82) is 0 Å². The molecule has 2 heterocycles. The highest BCUT2D eigenvalue weighted by atomic mass is 16.2. The first-order valence-corrected chi connectivity index (χ1v) is 7.70. The van der Waals surface area contributed by atoms with Crippen LogP contribution in [0.25, 0.3) is 0 Å². The maximum absolute atomic E-state index is 12.7. The van der Waals surface area contributed by atoms with Gasteiger partial charge in [-0.25, -0.2) is 0 Å². The van der Waals surface area contributed by atoms with Crippen molar-refractivity contribution < 1.29 is 4.79 Å². The third kappa shape index (κ3) is 2.46. The predicted octanol–water partition coefficient (Wildman–Crippen LogP) is 1.71. The Morgan fingerprint density at radius 3 is 3.05 bits per heavy atom. The topological polar surface area (TPSA) is 61.0 Å². The Bertz CT molecular complexity index is 496. The lowest BCUT2D eigenvalue weighted by Crippen LogP contribution is -2.40. The van der Waals surface area contributed by atoms with Crippen molar-refractivity contribution in [3.05, 3.63) is 17.0 Å². The smallest absolute Gasteiger partial charge is 0.274 e. The maximum Gasteiger partial charge on any atom is 0.274 e. The number of rotatable bonds is 2. The molecule has 5 heteroatoms. The van der Waals surface area contributed by atoms with Crippen LogP contribution in [0.4, 0.5) is 0 Å². The van der Waals surface area contributed by atoms with Crippen LogP contribution in [0.1, 0.15) is 54.4 Å². The number of carbonyl (C=O) groups is 1. The zero-order chi connectivity index (χ0) is 14.1. The van der Waals surface area contributed by atoms with E-state index in [0.717, 1.165) is 49.5 Å². The molecule has 3 rings (SSSR count). The third-order valence-electron chi connectivity index (χ3n) is 4.79. The van der Waals surface area contributed by atoms with E-state index in [9.17, 15) is 4.79 Å². The van der Waals surface area contributed by atoms with E-state index in [1.54, 1.807) is 0 Å². The quantitative estimate of drug-likeness (QED) is 0.864. The van der Waals surface area contributed by atoms with E-state index < -0.39 is 0 Å². The fourth-order valence-electron chi connectivity index (χ4n) is 3.49. The summed E-state index contributed by atoms with van der Waals surface area (Å²) in [5, 5.41) is 10.6. The van der Waals surface area contributed by atoms with Crippen molar-refractivity contribution in [2.75, 3.05) is 13.6 Å². The second kappa shape index (κ2) is 5.56. The molecule has 1 aromatic heterocycles. The molecule has 5 nitrogen and oxygen atoms in total. The molecule has 1 amide bonds. The lowest BCUT2D eigenvalue weighted by molar-refractivity contribution is 0.0665. The Balaban J connectivity index is 1.76. The molecule has 0 aromatic carbocycles. The number of aromatic amines is 1. The summed E-state index contributed by atoms with van der Waals surface area (Å²) >= 11 is 0. The first-order valence-electron chi connectivity index (χ1n) is 7.70. The van der Waals surface area contributed by atoms with Crippen LogP contribution in [0.15, 0.2) is 0 Å². The predicted molar refractivity (Wildman–Crippen MR) is 77.5 cm³/mol. The van der Waals surface area contributed by atoms with E-state index in [1.165, 1.54) is 12.8 Å². The summed E-state index contributed by atoms with van der Waals surface area (Å²) in [7, 11) is 1.93. The molecule has 110 valence electrons.